The maximum atomic E-state index is 12.6. The maximum Gasteiger partial charge on any atom is 0.416 e. The Kier molecular flexibility index (Phi) is 6.01. The first-order chi connectivity index (χ1) is 9.34. The molecular formula is C14H19F3N2O. The van der Waals surface area contributed by atoms with Gasteiger partial charge in [-0.15, -0.1) is 0 Å². The molecule has 0 aromatic heterocycles. The van der Waals surface area contributed by atoms with E-state index in [9.17, 15) is 18.0 Å². The molecule has 0 fully saturated rings. The zero-order chi connectivity index (χ0) is 15.2. The molecule has 1 unspecified atom stereocenters. The lowest BCUT2D eigenvalue weighted by atomic mass is 10.0. The fourth-order valence-electron chi connectivity index (χ4n) is 1.74. The molecule has 112 valence electrons. The zero-order valence-corrected chi connectivity index (χ0v) is 11.6. The molecular weight excluding hydrogens is 269 g/mol. The molecule has 20 heavy (non-hydrogen) atoms. The highest BCUT2D eigenvalue weighted by Gasteiger charge is 2.30. The van der Waals surface area contributed by atoms with Gasteiger partial charge in [0.15, 0.2) is 0 Å². The molecule has 2 N–H and O–H groups in total. The van der Waals surface area contributed by atoms with Crippen LogP contribution in [-0.2, 0) is 11.0 Å². The number of halogens is 3. The molecule has 0 aliphatic rings. The first-order valence-corrected chi connectivity index (χ1v) is 6.51. The van der Waals surface area contributed by atoms with E-state index in [1.54, 1.807) is 13.0 Å². The number of hydrogen-bond donors (Lipinski definition) is 2. The molecule has 1 rings (SSSR count). The van der Waals surface area contributed by atoms with Gasteiger partial charge in [-0.2, -0.15) is 13.2 Å². The van der Waals surface area contributed by atoms with Crippen molar-refractivity contribution in [3.8, 4) is 0 Å². The standard InChI is InChI=1S/C14H19F3N2O/c1-3-7-18-9-13(20)19-10(2)11-5-4-6-12(8-11)14(15,16)17/h4-6,8,10,18H,3,7,9H2,1-2H3,(H,19,20). The van der Waals surface area contributed by atoms with Crippen molar-refractivity contribution in [3.05, 3.63) is 35.4 Å². The minimum absolute atomic E-state index is 0.164. The van der Waals surface area contributed by atoms with Gasteiger partial charge in [0.2, 0.25) is 5.91 Å². The maximum absolute atomic E-state index is 12.6. The molecule has 0 saturated heterocycles. The van der Waals surface area contributed by atoms with E-state index in [4.69, 9.17) is 0 Å². The van der Waals surface area contributed by atoms with E-state index in [0.29, 0.717) is 5.56 Å². The molecule has 1 amide bonds. The van der Waals surface area contributed by atoms with Crippen molar-refractivity contribution in [2.75, 3.05) is 13.1 Å². The van der Waals surface area contributed by atoms with Crippen molar-refractivity contribution in [1.82, 2.24) is 10.6 Å². The Hall–Kier alpha value is -1.56. The van der Waals surface area contributed by atoms with Crippen LogP contribution in [0.15, 0.2) is 24.3 Å². The van der Waals surface area contributed by atoms with Gasteiger partial charge in [-0.25, -0.2) is 0 Å². The number of carbonyl (C=O) groups excluding carboxylic acids is 1. The van der Waals surface area contributed by atoms with Crippen molar-refractivity contribution in [2.45, 2.75) is 32.5 Å². The summed E-state index contributed by atoms with van der Waals surface area (Å²) >= 11 is 0. The summed E-state index contributed by atoms with van der Waals surface area (Å²) in [6, 6.07) is 4.52. The van der Waals surface area contributed by atoms with Crippen LogP contribution < -0.4 is 10.6 Å². The normalized spacial score (nSPS) is 13.1. The molecule has 1 aromatic rings. The molecule has 0 aliphatic carbocycles. The van der Waals surface area contributed by atoms with Crippen LogP contribution in [0.3, 0.4) is 0 Å². The minimum atomic E-state index is -4.37. The molecule has 0 spiro atoms. The lowest BCUT2D eigenvalue weighted by Crippen LogP contribution is -2.35. The number of benzene rings is 1. The van der Waals surface area contributed by atoms with Gasteiger partial charge < -0.3 is 10.6 Å². The van der Waals surface area contributed by atoms with E-state index in [0.717, 1.165) is 25.1 Å². The predicted octanol–water partition coefficient (Wildman–Crippen LogP) is 2.88. The van der Waals surface area contributed by atoms with Crippen LogP contribution in [0.4, 0.5) is 13.2 Å². The molecule has 0 bridgehead atoms. The largest absolute Gasteiger partial charge is 0.416 e. The number of rotatable bonds is 6. The quantitative estimate of drug-likeness (QED) is 0.790. The molecule has 0 heterocycles. The molecule has 1 aromatic carbocycles. The topological polar surface area (TPSA) is 41.1 Å². The second-order valence-electron chi connectivity index (χ2n) is 4.59. The number of nitrogens with one attached hydrogen (secondary N) is 2. The SMILES string of the molecule is CCCNCC(=O)NC(C)c1cccc(C(F)(F)F)c1. The number of alkyl halides is 3. The summed E-state index contributed by atoms with van der Waals surface area (Å²) in [4.78, 5) is 11.6. The van der Waals surface area contributed by atoms with Crippen LogP contribution >= 0.6 is 0 Å². The van der Waals surface area contributed by atoms with Crippen LogP contribution in [0.1, 0.15) is 37.4 Å². The summed E-state index contributed by atoms with van der Waals surface area (Å²) in [5.74, 6) is -0.233. The fourth-order valence-corrected chi connectivity index (χ4v) is 1.74. The lowest BCUT2D eigenvalue weighted by Gasteiger charge is -2.16. The van der Waals surface area contributed by atoms with Gasteiger partial charge >= 0.3 is 6.18 Å². The second-order valence-corrected chi connectivity index (χ2v) is 4.59. The van der Waals surface area contributed by atoms with Crippen molar-refractivity contribution in [2.24, 2.45) is 0 Å². The van der Waals surface area contributed by atoms with Gasteiger partial charge in [0.05, 0.1) is 18.2 Å². The molecule has 1 atom stereocenters. The molecule has 0 saturated carbocycles. The highest BCUT2D eigenvalue weighted by Crippen LogP contribution is 2.30. The van der Waals surface area contributed by atoms with Crippen LogP contribution in [0, 0.1) is 0 Å². The van der Waals surface area contributed by atoms with E-state index in [-0.39, 0.29) is 12.5 Å². The molecule has 0 aliphatic heterocycles. The van der Waals surface area contributed by atoms with Crippen molar-refractivity contribution in [1.29, 1.82) is 0 Å². The van der Waals surface area contributed by atoms with E-state index >= 15 is 0 Å². The van der Waals surface area contributed by atoms with E-state index < -0.39 is 17.8 Å². The smallest absolute Gasteiger partial charge is 0.348 e. The summed E-state index contributed by atoms with van der Waals surface area (Å²) in [6.45, 7) is 4.53. The summed E-state index contributed by atoms with van der Waals surface area (Å²) in [7, 11) is 0. The van der Waals surface area contributed by atoms with Gasteiger partial charge in [-0.3, -0.25) is 4.79 Å². The number of amides is 1. The van der Waals surface area contributed by atoms with E-state index in [2.05, 4.69) is 10.6 Å². The number of carbonyl (C=O) groups is 1. The molecule has 6 heteroatoms. The van der Waals surface area contributed by atoms with E-state index in [1.165, 1.54) is 6.07 Å². The highest BCUT2D eigenvalue weighted by molar-refractivity contribution is 5.78. The van der Waals surface area contributed by atoms with Gasteiger partial charge in [-0.05, 0) is 37.6 Å². The Morgan fingerprint density at radius 3 is 2.65 bits per heavy atom. The van der Waals surface area contributed by atoms with Gasteiger partial charge in [-0.1, -0.05) is 19.1 Å². The fraction of sp³-hybridized carbons (Fsp3) is 0.500. The lowest BCUT2D eigenvalue weighted by molar-refractivity contribution is -0.137. The third-order valence-electron chi connectivity index (χ3n) is 2.80. The third kappa shape index (κ3) is 5.21. The Morgan fingerprint density at radius 2 is 2.05 bits per heavy atom. The Labute approximate surface area is 116 Å². The highest BCUT2D eigenvalue weighted by atomic mass is 19.4. The van der Waals surface area contributed by atoms with Crippen molar-refractivity contribution in [3.63, 3.8) is 0 Å². The van der Waals surface area contributed by atoms with Crippen LogP contribution in [0.5, 0.6) is 0 Å². The first kappa shape index (κ1) is 16.5. The summed E-state index contributed by atoms with van der Waals surface area (Å²) in [6.07, 6.45) is -3.46. The van der Waals surface area contributed by atoms with Gasteiger partial charge in [0, 0.05) is 0 Å². The predicted molar refractivity (Wildman–Crippen MR) is 71.2 cm³/mol. The monoisotopic (exact) mass is 288 g/mol. The van der Waals surface area contributed by atoms with E-state index in [1.807, 2.05) is 6.92 Å². The van der Waals surface area contributed by atoms with Crippen LogP contribution in [-0.4, -0.2) is 19.0 Å². The van der Waals surface area contributed by atoms with Crippen molar-refractivity contribution >= 4 is 5.91 Å². The van der Waals surface area contributed by atoms with Gasteiger partial charge in [0.1, 0.15) is 0 Å². The summed E-state index contributed by atoms with van der Waals surface area (Å²) in [5, 5.41) is 5.60. The average molecular weight is 288 g/mol. The van der Waals surface area contributed by atoms with Gasteiger partial charge in [0.25, 0.3) is 0 Å². The third-order valence-corrected chi connectivity index (χ3v) is 2.80. The molecule has 0 radical (unpaired) electrons. The zero-order valence-electron chi connectivity index (χ0n) is 11.6. The Bertz CT molecular complexity index is 446. The van der Waals surface area contributed by atoms with Crippen molar-refractivity contribution < 1.29 is 18.0 Å². The van der Waals surface area contributed by atoms with Crippen LogP contribution in [0.25, 0.3) is 0 Å². The Balaban J connectivity index is 2.63. The molecule has 3 nitrogen and oxygen atoms in total. The number of hydrogen-bond acceptors (Lipinski definition) is 2. The first-order valence-electron chi connectivity index (χ1n) is 6.51. The summed E-state index contributed by atoms with van der Waals surface area (Å²) in [5.41, 5.74) is -0.274. The Morgan fingerprint density at radius 1 is 1.35 bits per heavy atom. The summed E-state index contributed by atoms with van der Waals surface area (Å²) < 4.78 is 37.8. The second kappa shape index (κ2) is 7.28. The minimum Gasteiger partial charge on any atom is -0.348 e. The van der Waals surface area contributed by atoms with Crippen LogP contribution in [0.2, 0.25) is 0 Å². The average Bonchev–Trinajstić information content (AvgIpc) is 2.38.